The molecule has 0 aliphatic heterocycles. The first-order valence-corrected chi connectivity index (χ1v) is 5.83. The van der Waals surface area contributed by atoms with Gasteiger partial charge in [-0.1, -0.05) is 27.7 Å². The van der Waals surface area contributed by atoms with Crippen LogP contribution in [0.2, 0.25) is 0 Å². The van der Waals surface area contributed by atoms with Gasteiger partial charge in [-0.2, -0.15) is 0 Å². The summed E-state index contributed by atoms with van der Waals surface area (Å²) in [7, 11) is 0. The molecule has 13 heavy (non-hydrogen) atoms. The lowest BCUT2D eigenvalue weighted by molar-refractivity contribution is 0.182. The highest BCUT2D eigenvalue weighted by atomic mass is 14.5. The molecule has 0 N–H and O–H groups in total. The fourth-order valence-corrected chi connectivity index (χ4v) is 4.06. The van der Waals surface area contributed by atoms with Crippen LogP contribution in [0.1, 0.15) is 66.2 Å². The van der Waals surface area contributed by atoms with Gasteiger partial charge in [0.25, 0.3) is 0 Å². The van der Waals surface area contributed by atoms with E-state index in [1.807, 2.05) is 0 Å². The molecule has 0 aromatic rings. The predicted octanol–water partition coefficient (Wildman–Crippen LogP) is 4.39. The first kappa shape index (κ1) is 9.55. The minimum Gasteiger partial charge on any atom is -0.0599 e. The molecule has 2 saturated carbocycles. The van der Waals surface area contributed by atoms with E-state index in [0.717, 1.165) is 0 Å². The molecule has 2 aliphatic rings. The van der Waals surface area contributed by atoms with Crippen LogP contribution in [0.5, 0.6) is 0 Å². The van der Waals surface area contributed by atoms with Crippen LogP contribution in [0.4, 0.5) is 0 Å². The molecule has 0 aromatic heterocycles. The van der Waals surface area contributed by atoms with E-state index in [9.17, 15) is 0 Å². The van der Waals surface area contributed by atoms with Gasteiger partial charge >= 0.3 is 0 Å². The zero-order valence-corrected chi connectivity index (χ0v) is 9.74. The van der Waals surface area contributed by atoms with E-state index in [4.69, 9.17) is 0 Å². The molecular weight excluding hydrogens is 156 g/mol. The SMILES string of the molecule is CC1(C)CCC2(C)CCC(C)(C1)C2. The second kappa shape index (κ2) is 2.52. The summed E-state index contributed by atoms with van der Waals surface area (Å²) in [6, 6.07) is 0. The van der Waals surface area contributed by atoms with Gasteiger partial charge in [-0.15, -0.1) is 0 Å². The van der Waals surface area contributed by atoms with E-state index < -0.39 is 0 Å². The quantitative estimate of drug-likeness (QED) is 0.518. The van der Waals surface area contributed by atoms with E-state index in [-0.39, 0.29) is 0 Å². The standard InChI is InChI=1S/C13H24/c1-11(2)5-6-12(3)7-8-13(4,9-11)10-12/h5-10H2,1-4H3. The predicted molar refractivity (Wildman–Crippen MR) is 57.7 cm³/mol. The maximum atomic E-state index is 2.52. The molecule has 0 amide bonds. The molecule has 0 heterocycles. The van der Waals surface area contributed by atoms with Crippen molar-refractivity contribution >= 4 is 0 Å². The third-order valence-corrected chi connectivity index (χ3v) is 4.50. The molecule has 0 spiro atoms. The highest BCUT2D eigenvalue weighted by molar-refractivity contribution is 4.99. The highest BCUT2D eigenvalue weighted by Crippen LogP contribution is 2.60. The smallest absolute Gasteiger partial charge is 0.0315 e. The van der Waals surface area contributed by atoms with E-state index in [2.05, 4.69) is 27.7 Å². The summed E-state index contributed by atoms with van der Waals surface area (Å²) in [5.74, 6) is 0. The zero-order valence-electron chi connectivity index (χ0n) is 9.74. The molecule has 0 nitrogen and oxygen atoms in total. The Kier molecular flexibility index (Phi) is 1.85. The average Bonchev–Trinajstić information content (AvgIpc) is 2.18. The second-order valence-electron chi connectivity index (χ2n) is 7.14. The van der Waals surface area contributed by atoms with Gasteiger partial charge in [-0.3, -0.25) is 0 Å². The van der Waals surface area contributed by atoms with Crippen LogP contribution in [0.3, 0.4) is 0 Å². The maximum absolute atomic E-state index is 2.52. The van der Waals surface area contributed by atoms with Crippen molar-refractivity contribution in [2.75, 3.05) is 0 Å². The number of rotatable bonds is 0. The van der Waals surface area contributed by atoms with Gasteiger partial charge in [-0.25, -0.2) is 0 Å². The number of hydrogen-bond acceptors (Lipinski definition) is 0. The summed E-state index contributed by atoms with van der Waals surface area (Å²) >= 11 is 0. The summed E-state index contributed by atoms with van der Waals surface area (Å²) in [4.78, 5) is 0. The Bertz CT molecular complexity index is 216. The van der Waals surface area contributed by atoms with Gasteiger partial charge in [0, 0.05) is 0 Å². The Balaban J connectivity index is 2.24. The molecule has 2 fully saturated rings. The molecule has 0 radical (unpaired) electrons. The molecule has 0 aromatic carbocycles. The van der Waals surface area contributed by atoms with Crippen molar-refractivity contribution in [1.29, 1.82) is 0 Å². The molecular formula is C13H24. The second-order valence-corrected chi connectivity index (χ2v) is 7.14. The molecule has 76 valence electrons. The highest BCUT2D eigenvalue weighted by Gasteiger charge is 2.47. The summed E-state index contributed by atoms with van der Waals surface area (Å²) in [5.41, 5.74) is 1.98. The monoisotopic (exact) mass is 180 g/mol. The number of fused-ring (bicyclic) bond motifs is 2. The molecule has 0 heteroatoms. The minimum atomic E-state index is 0.604. The van der Waals surface area contributed by atoms with Crippen LogP contribution < -0.4 is 0 Å². The summed E-state index contributed by atoms with van der Waals surface area (Å²) in [6.07, 6.45) is 8.82. The normalized spacial score (nSPS) is 48.9. The summed E-state index contributed by atoms with van der Waals surface area (Å²) in [5, 5.41) is 0. The Morgan fingerprint density at radius 3 is 1.85 bits per heavy atom. The van der Waals surface area contributed by atoms with Crippen molar-refractivity contribution in [3.63, 3.8) is 0 Å². The molecule has 2 aliphatic carbocycles. The fourth-order valence-electron chi connectivity index (χ4n) is 4.06. The van der Waals surface area contributed by atoms with Gasteiger partial charge in [-0.05, 0) is 54.8 Å². The average molecular weight is 180 g/mol. The van der Waals surface area contributed by atoms with Crippen LogP contribution in [0.25, 0.3) is 0 Å². The van der Waals surface area contributed by atoms with Crippen LogP contribution >= 0.6 is 0 Å². The van der Waals surface area contributed by atoms with Crippen LogP contribution in [0.15, 0.2) is 0 Å². The Morgan fingerprint density at radius 1 is 0.615 bits per heavy atom. The van der Waals surface area contributed by atoms with E-state index in [1.165, 1.54) is 38.5 Å². The molecule has 0 saturated heterocycles. The molecule has 2 bridgehead atoms. The van der Waals surface area contributed by atoms with Gasteiger partial charge < -0.3 is 0 Å². The van der Waals surface area contributed by atoms with E-state index in [1.54, 1.807) is 0 Å². The van der Waals surface area contributed by atoms with Crippen molar-refractivity contribution in [2.45, 2.75) is 66.2 Å². The minimum absolute atomic E-state index is 0.604. The first-order chi connectivity index (χ1) is 5.83. The largest absolute Gasteiger partial charge is 0.0599 e. The molecule has 2 unspecified atom stereocenters. The third kappa shape index (κ3) is 1.78. The lowest BCUT2D eigenvalue weighted by Crippen LogP contribution is -2.21. The zero-order chi connectivity index (χ0) is 9.74. The first-order valence-electron chi connectivity index (χ1n) is 5.83. The Morgan fingerprint density at radius 2 is 1.15 bits per heavy atom. The topological polar surface area (TPSA) is 0 Å². The van der Waals surface area contributed by atoms with Gasteiger partial charge in [0.15, 0.2) is 0 Å². The fraction of sp³-hybridized carbons (Fsp3) is 1.00. The molecule has 2 rings (SSSR count). The van der Waals surface area contributed by atoms with Crippen LogP contribution in [-0.2, 0) is 0 Å². The van der Waals surface area contributed by atoms with Crippen molar-refractivity contribution in [3.8, 4) is 0 Å². The lowest BCUT2D eigenvalue weighted by atomic mass is 9.72. The van der Waals surface area contributed by atoms with Crippen LogP contribution in [-0.4, -0.2) is 0 Å². The van der Waals surface area contributed by atoms with Crippen molar-refractivity contribution in [1.82, 2.24) is 0 Å². The summed E-state index contributed by atoms with van der Waals surface area (Å²) in [6.45, 7) is 9.95. The van der Waals surface area contributed by atoms with Crippen molar-refractivity contribution in [3.05, 3.63) is 0 Å². The Hall–Kier alpha value is 0. The maximum Gasteiger partial charge on any atom is -0.0315 e. The number of hydrogen-bond donors (Lipinski definition) is 0. The van der Waals surface area contributed by atoms with Gasteiger partial charge in [0.2, 0.25) is 0 Å². The molecule has 2 atom stereocenters. The summed E-state index contributed by atoms with van der Waals surface area (Å²) < 4.78 is 0. The van der Waals surface area contributed by atoms with Gasteiger partial charge in [0.05, 0.1) is 0 Å². The van der Waals surface area contributed by atoms with Crippen LogP contribution in [0, 0.1) is 16.2 Å². The third-order valence-electron chi connectivity index (χ3n) is 4.50. The van der Waals surface area contributed by atoms with Crippen molar-refractivity contribution in [2.24, 2.45) is 16.2 Å². The Labute approximate surface area is 83.1 Å². The van der Waals surface area contributed by atoms with E-state index >= 15 is 0 Å². The van der Waals surface area contributed by atoms with Gasteiger partial charge in [0.1, 0.15) is 0 Å². The lowest BCUT2D eigenvalue weighted by Gasteiger charge is -2.33. The van der Waals surface area contributed by atoms with E-state index in [0.29, 0.717) is 16.2 Å². The van der Waals surface area contributed by atoms with Crippen molar-refractivity contribution < 1.29 is 0 Å².